The fourth-order valence-electron chi connectivity index (χ4n) is 2.31. The molecule has 0 aliphatic heterocycles. The van der Waals surface area contributed by atoms with Crippen molar-refractivity contribution >= 4 is 33.7 Å². The standard InChI is InChI=1S/C15H15N3OS/c1-3-9-18-14(19)13-12(17-15(18)20-4-2)10-7-5-6-8-11(10)16-13/h3,5-8,16H,1,4,9H2,2H3. The number of hydrogen-bond acceptors (Lipinski definition) is 3. The van der Waals surface area contributed by atoms with Crippen molar-refractivity contribution in [3.05, 3.63) is 47.3 Å². The second-order valence-electron chi connectivity index (χ2n) is 4.43. The molecule has 0 atom stereocenters. The summed E-state index contributed by atoms with van der Waals surface area (Å²) in [6.45, 7) is 6.24. The van der Waals surface area contributed by atoms with E-state index in [1.807, 2.05) is 24.3 Å². The first kappa shape index (κ1) is 13.0. The highest BCUT2D eigenvalue weighted by Crippen LogP contribution is 2.24. The minimum absolute atomic E-state index is 0.0398. The van der Waals surface area contributed by atoms with E-state index in [1.54, 1.807) is 22.4 Å². The van der Waals surface area contributed by atoms with Crippen LogP contribution < -0.4 is 5.56 Å². The lowest BCUT2D eigenvalue weighted by atomic mass is 10.2. The molecule has 4 nitrogen and oxygen atoms in total. The number of aromatic nitrogens is 3. The van der Waals surface area contributed by atoms with Gasteiger partial charge in [0, 0.05) is 17.4 Å². The van der Waals surface area contributed by atoms with Crippen LogP contribution in [0.3, 0.4) is 0 Å². The van der Waals surface area contributed by atoms with Crippen LogP contribution in [-0.4, -0.2) is 20.3 Å². The Morgan fingerprint density at radius 1 is 1.45 bits per heavy atom. The van der Waals surface area contributed by atoms with Gasteiger partial charge in [0.05, 0.1) is 0 Å². The van der Waals surface area contributed by atoms with Crippen molar-refractivity contribution in [1.82, 2.24) is 14.5 Å². The minimum atomic E-state index is -0.0398. The molecular formula is C15H15N3OS. The summed E-state index contributed by atoms with van der Waals surface area (Å²) < 4.78 is 1.67. The molecule has 0 saturated carbocycles. The Kier molecular flexibility index (Phi) is 3.36. The number of benzene rings is 1. The molecule has 0 saturated heterocycles. The summed E-state index contributed by atoms with van der Waals surface area (Å²) in [6.07, 6.45) is 1.72. The van der Waals surface area contributed by atoms with E-state index in [-0.39, 0.29) is 5.56 Å². The van der Waals surface area contributed by atoms with Crippen molar-refractivity contribution in [3.8, 4) is 0 Å². The molecule has 3 aromatic rings. The number of allylic oxidation sites excluding steroid dienone is 1. The number of nitrogens with zero attached hydrogens (tertiary/aromatic N) is 2. The zero-order chi connectivity index (χ0) is 14.1. The molecule has 0 radical (unpaired) electrons. The average Bonchev–Trinajstić information content (AvgIpc) is 2.83. The predicted octanol–water partition coefficient (Wildman–Crippen LogP) is 3.18. The lowest BCUT2D eigenvalue weighted by Gasteiger charge is -2.08. The molecule has 5 heteroatoms. The molecule has 0 bridgehead atoms. The first-order chi connectivity index (χ1) is 9.76. The van der Waals surface area contributed by atoms with E-state index in [2.05, 4.69) is 23.5 Å². The molecule has 3 rings (SSSR count). The van der Waals surface area contributed by atoms with Gasteiger partial charge in [-0.25, -0.2) is 4.98 Å². The molecule has 0 aliphatic carbocycles. The number of nitrogens with one attached hydrogen (secondary N) is 1. The van der Waals surface area contributed by atoms with Gasteiger partial charge in [-0.15, -0.1) is 6.58 Å². The first-order valence-corrected chi connectivity index (χ1v) is 7.49. The molecule has 20 heavy (non-hydrogen) atoms. The molecule has 1 N–H and O–H groups in total. The summed E-state index contributed by atoms with van der Waals surface area (Å²) in [5, 5.41) is 1.73. The summed E-state index contributed by atoms with van der Waals surface area (Å²) in [5.41, 5.74) is 2.22. The van der Waals surface area contributed by atoms with Crippen LogP contribution in [0, 0.1) is 0 Å². The molecule has 0 spiro atoms. The maximum atomic E-state index is 12.6. The third kappa shape index (κ3) is 1.94. The number of para-hydroxylation sites is 1. The van der Waals surface area contributed by atoms with Crippen LogP contribution in [0.2, 0.25) is 0 Å². The quantitative estimate of drug-likeness (QED) is 0.455. The van der Waals surface area contributed by atoms with Crippen molar-refractivity contribution in [2.24, 2.45) is 0 Å². The summed E-state index contributed by atoms with van der Waals surface area (Å²) in [7, 11) is 0. The van der Waals surface area contributed by atoms with Gasteiger partial charge in [0.25, 0.3) is 5.56 Å². The summed E-state index contributed by atoms with van der Waals surface area (Å²) in [6, 6.07) is 7.85. The number of fused-ring (bicyclic) bond motifs is 3. The van der Waals surface area contributed by atoms with Gasteiger partial charge in [0.15, 0.2) is 5.16 Å². The van der Waals surface area contributed by atoms with Gasteiger partial charge in [0.2, 0.25) is 0 Å². The Morgan fingerprint density at radius 3 is 3.00 bits per heavy atom. The van der Waals surface area contributed by atoms with E-state index in [4.69, 9.17) is 0 Å². The molecule has 1 aromatic carbocycles. The Morgan fingerprint density at radius 2 is 2.25 bits per heavy atom. The number of hydrogen-bond donors (Lipinski definition) is 1. The zero-order valence-corrected chi connectivity index (χ0v) is 12.0. The maximum Gasteiger partial charge on any atom is 0.278 e. The summed E-state index contributed by atoms with van der Waals surface area (Å²) >= 11 is 1.57. The van der Waals surface area contributed by atoms with Crippen LogP contribution in [0.15, 0.2) is 46.9 Å². The van der Waals surface area contributed by atoms with Crippen LogP contribution in [0.5, 0.6) is 0 Å². The first-order valence-electron chi connectivity index (χ1n) is 6.51. The van der Waals surface area contributed by atoms with Gasteiger partial charge in [-0.1, -0.05) is 43.0 Å². The van der Waals surface area contributed by atoms with Gasteiger partial charge in [-0.2, -0.15) is 0 Å². The number of aromatic amines is 1. The largest absolute Gasteiger partial charge is 0.349 e. The van der Waals surface area contributed by atoms with Crippen molar-refractivity contribution in [2.45, 2.75) is 18.6 Å². The normalized spacial score (nSPS) is 11.2. The van der Waals surface area contributed by atoms with Crippen molar-refractivity contribution in [2.75, 3.05) is 5.75 Å². The minimum Gasteiger partial charge on any atom is -0.349 e. The Labute approximate surface area is 120 Å². The SMILES string of the molecule is C=CCn1c(SCC)nc2c([nH]c3ccccc32)c1=O. The van der Waals surface area contributed by atoms with Gasteiger partial charge in [0.1, 0.15) is 11.0 Å². The Bertz CT molecular complexity index is 847. The highest BCUT2D eigenvalue weighted by molar-refractivity contribution is 7.99. The molecule has 2 heterocycles. The van der Waals surface area contributed by atoms with Crippen LogP contribution in [0.4, 0.5) is 0 Å². The zero-order valence-electron chi connectivity index (χ0n) is 11.2. The van der Waals surface area contributed by atoms with E-state index < -0.39 is 0 Å². The van der Waals surface area contributed by atoms with E-state index in [1.165, 1.54) is 0 Å². The van der Waals surface area contributed by atoms with Crippen LogP contribution in [0.1, 0.15) is 6.92 Å². The smallest absolute Gasteiger partial charge is 0.278 e. The number of thioether (sulfide) groups is 1. The third-order valence-corrected chi connectivity index (χ3v) is 4.02. The molecule has 0 fully saturated rings. The van der Waals surface area contributed by atoms with Crippen LogP contribution in [-0.2, 0) is 6.54 Å². The molecule has 0 aliphatic rings. The lowest BCUT2D eigenvalue weighted by Crippen LogP contribution is -2.22. The van der Waals surface area contributed by atoms with Gasteiger partial charge < -0.3 is 4.98 Å². The fraction of sp³-hybridized carbons (Fsp3) is 0.200. The monoisotopic (exact) mass is 285 g/mol. The summed E-state index contributed by atoms with van der Waals surface area (Å²) in [5.74, 6) is 0.872. The molecule has 102 valence electrons. The number of H-pyrrole nitrogens is 1. The highest BCUT2D eigenvalue weighted by atomic mass is 32.2. The second-order valence-corrected chi connectivity index (χ2v) is 5.66. The molecule has 0 amide bonds. The molecule has 0 unspecified atom stereocenters. The molecule has 2 aromatic heterocycles. The third-order valence-electron chi connectivity index (χ3n) is 3.16. The van der Waals surface area contributed by atoms with E-state index >= 15 is 0 Å². The summed E-state index contributed by atoms with van der Waals surface area (Å²) in [4.78, 5) is 20.5. The Balaban J connectivity index is 2.41. The molecular weight excluding hydrogens is 270 g/mol. The van der Waals surface area contributed by atoms with E-state index in [0.29, 0.717) is 12.1 Å². The van der Waals surface area contributed by atoms with Gasteiger partial charge in [-0.05, 0) is 11.8 Å². The Hall–Kier alpha value is -2.01. The van der Waals surface area contributed by atoms with Crippen molar-refractivity contribution in [3.63, 3.8) is 0 Å². The van der Waals surface area contributed by atoms with Crippen molar-refractivity contribution in [1.29, 1.82) is 0 Å². The maximum absolute atomic E-state index is 12.6. The predicted molar refractivity (Wildman–Crippen MR) is 84.5 cm³/mol. The van der Waals surface area contributed by atoms with Crippen LogP contribution in [0.25, 0.3) is 21.9 Å². The highest BCUT2D eigenvalue weighted by Gasteiger charge is 2.14. The van der Waals surface area contributed by atoms with E-state index in [9.17, 15) is 4.79 Å². The second kappa shape index (κ2) is 5.17. The van der Waals surface area contributed by atoms with Crippen LogP contribution >= 0.6 is 11.8 Å². The fourth-order valence-corrected chi connectivity index (χ4v) is 3.03. The lowest BCUT2D eigenvalue weighted by molar-refractivity contribution is 0.671. The van der Waals surface area contributed by atoms with E-state index in [0.717, 1.165) is 27.3 Å². The van der Waals surface area contributed by atoms with Gasteiger partial charge >= 0.3 is 0 Å². The average molecular weight is 285 g/mol. The topological polar surface area (TPSA) is 50.7 Å². The van der Waals surface area contributed by atoms with Gasteiger partial charge in [-0.3, -0.25) is 9.36 Å². The van der Waals surface area contributed by atoms with Crippen molar-refractivity contribution < 1.29 is 0 Å². The number of rotatable bonds is 4.